The van der Waals surface area contributed by atoms with Gasteiger partial charge in [-0.15, -0.1) is 6.58 Å². The molecule has 0 aliphatic carbocycles. The van der Waals surface area contributed by atoms with Gasteiger partial charge in [0.2, 0.25) is 0 Å². The van der Waals surface area contributed by atoms with Gasteiger partial charge in [0.1, 0.15) is 0 Å². The number of nitrogens with zero attached hydrogens (tertiary/aromatic N) is 3. The summed E-state index contributed by atoms with van der Waals surface area (Å²) in [5.74, 6) is 0. The van der Waals surface area contributed by atoms with E-state index in [4.69, 9.17) is 11.6 Å². The van der Waals surface area contributed by atoms with Crippen LogP contribution in [0.15, 0.2) is 97.1 Å². The van der Waals surface area contributed by atoms with Gasteiger partial charge in [-0.3, -0.25) is 4.90 Å². The van der Waals surface area contributed by atoms with E-state index in [1.807, 2.05) is 31.2 Å². The highest BCUT2D eigenvalue weighted by Crippen LogP contribution is 2.32. The number of halogens is 1. The van der Waals surface area contributed by atoms with Crippen molar-refractivity contribution in [2.75, 3.05) is 26.7 Å². The van der Waals surface area contributed by atoms with E-state index in [0.29, 0.717) is 11.6 Å². The SMILES string of the molecule is C=CCC(CC)N(C)Cc1cc(Cl)c(CCc2cccc(-c3cccc(CCN4CCCC4)c3C)c2C)cc1CC/C(C=C)=C/C(C#N)=C\C. The lowest BCUT2D eigenvalue weighted by molar-refractivity contribution is 0.228. The highest BCUT2D eigenvalue weighted by atomic mass is 35.5. The molecule has 0 saturated carbocycles. The van der Waals surface area contributed by atoms with Crippen LogP contribution in [0.4, 0.5) is 0 Å². The van der Waals surface area contributed by atoms with E-state index in [1.165, 1.54) is 76.0 Å². The molecule has 4 rings (SSSR count). The molecule has 0 bridgehead atoms. The Labute approximate surface area is 308 Å². The Kier molecular flexibility index (Phi) is 15.4. The second-order valence-corrected chi connectivity index (χ2v) is 14.4. The van der Waals surface area contributed by atoms with Crippen LogP contribution in [0.3, 0.4) is 0 Å². The van der Waals surface area contributed by atoms with Crippen LogP contribution in [-0.2, 0) is 32.2 Å². The molecule has 1 atom stereocenters. The number of hydrogen-bond donors (Lipinski definition) is 0. The van der Waals surface area contributed by atoms with Gasteiger partial charge in [0.25, 0.3) is 0 Å². The quantitative estimate of drug-likeness (QED) is 0.0757. The van der Waals surface area contributed by atoms with Crippen LogP contribution in [0, 0.1) is 25.2 Å². The maximum absolute atomic E-state index is 9.50. The van der Waals surface area contributed by atoms with Crippen molar-refractivity contribution >= 4 is 11.6 Å². The Balaban J connectivity index is 1.59. The molecule has 4 heteroatoms. The Morgan fingerprint density at radius 1 is 0.920 bits per heavy atom. The van der Waals surface area contributed by atoms with E-state index in [0.717, 1.165) is 68.6 Å². The third-order valence-corrected chi connectivity index (χ3v) is 11.1. The average Bonchev–Trinajstić information content (AvgIpc) is 3.65. The van der Waals surface area contributed by atoms with Crippen molar-refractivity contribution in [3.05, 3.63) is 141 Å². The molecule has 0 aromatic heterocycles. The molecule has 0 radical (unpaired) electrons. The van der Waals surface area contributed by atoms with Gasteiger partial charge in [0.05, 0.1) is 6.07 Å². The number of likely N-dealkylation sites (tertiary alicyclic amines) is 1. The van der Waals surface area contributed by atoms with Gasteiger partial charge >= 0.3 is 0 Å². The molecule has 1 unspecified atom stereocenters. The molecular formula is C46H58ClN3. The molecule has 0 spiro atoms. The van der Waals surface area contributed by atoms with Gasteiger partial charge < -0.3 is 4.90 Å². The molecule has 3 nitrogen and oxygen atoms in total. The predicted octanol–water partition coefficient (Wildman–Crippen LogP) is 11.3. The topological polar surface area (TPSA) is 30.3 Å². The fourth-order valence-electron chi connectivity index (χ4n) is 7.47. The summed E-state index contributed by atoms with van der Waals surface area (Å²) in [5.41, 5.74) is 13.8. The largest absolute Gasteiger partial charge is 0.303 e. The molecule has 1 fully saturated rings. The molecule has 50 heavy (non-hydrogen) atoms. The number of nitriles is 1. The fraction of sp³-hybridized carbons (Fsp3) is 0.413. The first kappa shape index (κ1) is 39.1. The van der Waals surface area contributed by atoms with Crippen molar-refractivity contribution in [2.45, 2.75) is 98.1 Å². The van der Waals surface area contributed by atoms with Crippen LogP contribution >= 0.6 is 11.6 Å². The van der Waals surface area contributed by atoms with Crippen LogP contribution in [-0.4, -0.2) is 42.5 Å². The molecule has 264 valence electrons. The predicted molar refractivity (Wildman–Crippen MR) is 216 cm³/mol. The van der Waals surface area contributed by atoms with Crippen molar-refractivity contribution in [3.8, 4) is 17.2 Å². The van der Waals surface area contributed by atoms with Gasteiger partial charge in [-0.25, -0.2) is 0 Å². The maximum atomic E-state index is 9.50. The number of benzene rings is 3. The van der Waals surface area contributed by atoms with Crippen molar-refractivity contribution < 1.29 is 0 Å². The highest BCUT2D eigenvalue weighted by Gasteiger charge is 2.18. The smallest absolute Gasteiger partial charge is 0.0988 e. The molecule has 1 aliphatic rings. The maximum Gasteiger partial charge on any atom is 0.0988 e. The molecular weight excluding hydrogens is 630 g/mol. The fourth-order valence-corrected chi connectivity index (χ4v) is 7.75. The minimum atomic E-state index is 0.431. The zero-order chi connectivity index (χ0) is 36.0. The number of aryl methyl sites for hydroxylation is 3. The van der Waals surface area contributed by atoms with Gasteiger partial charge in [-0.1, -0.05) is 85.8 Å². The monoisotopic (exact) mass is 687 g/mol. The van der Waals surface area contributed by atoms with E-state index < -0.39 is 0 Å². The van der Waals surface area contributed by atoms with Gasteiger partial charge in [-0.2, -0.15) is 5.26 Å². The van der Waals surface area contributed by atoms with Crippen LogP contribution in [0.2, 0.25) is 5.02 Å². The summed E-state index contributed by atoms with van der Waals surface area (Å²) in [6.07, 6.45) is 16.9. The zero-order valence-electron chi connectivity index (χ0n) is 31.3. The van der Waals surface area contributed by atoms with Gasteiger partial charge in [-0.05, 0) is 166 Å². The van der Waals surface area contributed by atoms with Crippen molar-refractivity contribution in [2.24, 2.45) is 0 Å². The molecule has 1 heterocycles. The minimum absolute atomic E-state index is 0.431. The summed E-state index contributed by atoms with van der Waals surface area (Å²) in [6.45, 7) is 21.2. The van der Waals surface area contributed by atoms with E-state index in [9.17, 15) is 5.26 Å². The highest BCUT2D eigenvalue weighted by molar-refractivity contribution is 6.31. The average molecular weight is 688 g/mol. The van der Waals surface area contributed by atoms with Crippen molar-refractivity contribution in [3.63, 3.8) is 0 Å². The first-order chi connectivity index (χ1) is 24.2. The van der Waals surface area contributed by atoms with E-state index in [2.05, 4.69) is 105 Å². The third-order valence-electron chi connectivity index (χ3n) is 10.8. The van der Waals surface area contributed by atoms with Crippen molar-refractivity contribution in [1.82, 2.24) is 9.80 Å². The second-order valence-electron chi connectivity index (χ2n) is 14.0. The molecule has 0 amide bonds. The molecule has 3 aromatic rings. The minimum Gasteiger partial charge on any atom is -0.303 e. The van der Waals surface area contributed by atoms with E-state index in [-0.39, 0.29) is 0 Å². The van der Waals surface area contributed by atoms with Crippen LogP contribution in [0.5, 0.6) is 0 Å². The second kappa shape index (κ2) is 19.6. The molecule has 1 aliphatic heterocycles. The first-order valence-corrected chi connectivity index (χ1v) is 19.0. The summed E-state index contributed by atoms with van der Waals surface area (Å²) in [4.78, 5) is 5.03. The Morgan fingerprint density at radius 3 is 2.14 bits per heavy atom. The standard InChI is InChI=1S/C46H58ClN3/c1-8-16-43(11-4)49(7)33-42-31-46(47)41(30-40(42)22-21-36(9-2)29-37(10-3)32-48)24-23-38-17-14-19-44(34(38)5)45-20-15-18-39(35(45)6)25-28-50-26-12-13-27-50/h8-10,14-15,17-20,29-31,43H,1-2,11-13,16,21-28,33H2,3-7H3/b36-29+,37-10+. The molecule has 1 saturated heterocycles. The molecule has 0 N–H and O–H groups in total. The summed E-state index contributed by atoms with van der Waals surface area (Å²) in [5, 5.41) is 10.3. The molecule has 3 aromatic carbocycles. The van der Waals surface area contributed by atoms with E-state index in [1.54, 1.807) is 0 Å². The summed E-state index contributed by atoms with van der Waals surface area (Å²) < 4.78 is 0. The first-order valence-electron chi connectivity index (χ1n) is 18.6. The normalized spacial score (nSPS) is 14.6. The zero-order valence-corrected chi connectivity index (χ0v) is 32.1. The number of rotatable bonds is 18. The lowest BCUT2D eigenvalue weighted by atomic mass is 9.89. The summed E-state index contributed by atoms with van der Waals surface area (Å²) in [7, 11) is 2.20. The number of allylic oxidation sites excluding steroid dienone is 5. The lowest BCUT2D eigenvalue weighted by Gasteiger charge is -2.27. The van der Waals surface area contributed by atoms with Gasteiger partial charge in [0, 0.05) is 29.7 Å². The van der Waals surface area contributed by atoms with Gasteiger partial charge in [0.15, 0.2) is 0 Å². The van der Waals surface area contributed by atoms with Crippen LogP contribution in [0.1, 0.15) is 84.9 Å². The van der Waals surface area contributed by atoms with E-state index >= 15 is 0 Å². The Morgan fingerprint density at radius 2 is 1.56 bits per heavy atom. The van der Waals surface area contributed by atoms with Crippen molar-refractivity contribution in [1.29, 1.82) is 5.26 Å². The Hall–Kier alpha value is -3.68. The number of hydrogen-bond acceptors (Lipinski definition) is 3. The third kappa shape index (κ3) is 10.4. The Bertz CT molecular complexity index is 1720. The lowest BCUT2D eigenvalue weighted by Crippen LogP contribution is -2.30. The van der Waals surface area contributed by atoms with Crippen LogP contribution < -0.4 is 0 Å². The van der Waals surface area contributed by atoms with Crippen LogP contribution in [0.25, 0.3) is 11.1 Å². The summed E-state index contributed by atoms with van der Waals surface area (Å²) >= 11 is 7.09. The summed E-state index contributed by atoms with van der Waals surface area (Å²) in [6, 6.07) is 20.9.